The first kappa shape index (κ1) is 22.8. The van der Waals surface area contributed by atoms with Crippen LogP contribution in [0, 0.1) is 11.7 Å². The number of benzene rings is 2. The minimum absolute atomic E-state index is 0.273. The molecular formula is C23H28ClFN2O2S. The monoisotopic (exact) mass is 450 g/mol. The molecule has 1 N–H and O–H groups in total. The van der Waals surface area contributed by atoms with Gasteiger partial charge in [-0.05, 0) is 49.9 Å². The Bertz CT molecular complexity index is 1150. The van der Waals surface area contributed by atoms with E-state index in [1.807, 2.05) is 30.5 Å². The maximum atomic E-state index is 15.1. The summed E-state index contributed by atoms with van der Waals surface area (Å²) in [7, 11) is -3.34. The minimum Gasteiger partial charge on any atom is -0.347 e. The fraction of sp³-hybridized carbons (Fsp3) is 0.391. The molecule has 3 aromatic rings. The third kappa shape index (κ3) is 4.88. The first-order valence-corrected chi connectivity index (χ1v) is 12.1. The summed E-state index contributed by atoms with van der Waals surface area (Å²) in [6.45, 7) is 8.59. The summed E-state index contributed by atoms with van der Waals surface area (Å²) < 4.78 is 43.9. The van der Waals surface area contributed by atoms with Gasteiger partial charge in [-0.25, -0.2) is 17.5 Å². The topological polar surface area (TPSA) is 51.1 Å². The van der Waals surface area contributed by atoms with Crippen LogP contribution in [0.25, 0.3) is 22.0 Å². The number of hydrogen-bond donors (Lipinski definition) is 1. The van der Waals surface area contributed by atoms with Crippen molar-refractivity contribution in [2.75, 3.05) is 6.54 Å². The van der Waals surface area contributed by atoms with Crippen LogP contribution in [0.3, 0.4) is 0 Å². The molecule has 30 heavy (non-hydrogen) atoms. The molecule has 0 atom stereocenters. The van der Waals surface area contributed by atoms with Crippen molar-refractivity contribution < 1.29 is 12.8 Å². The second-order valence-corrected chi connectivity index (χ2v) is 11.0. The normalized spacial score (nSPS) is 12.4. The highest BCUT2D eigenvalue weighted by Gasteiger charge is 2.18. The van der Waals surface area contributed by atoms with Crippen LogP contribution in [0.1, 0.15) is 33.3 Å². The Kier molecular flexibility index (Phi) is 6.90. The van der Waals surface area contributed by atoms with E-state index in [1.54, 1.807) is 19.9 Å². The van der Waals surface area contributed by atoms with Gasteiger partial charge in [-0.15, -0.1) is 0 Å². The van der Waals surface area contributed by atoms with Crippen molar-refractivity contribution in [2.24, 2.45) is 5.92 Å². The molecule has 0 fully saturated rings. The van der Waals surface area contributed by atoms with Gasteiger partial charge < -0.3 is 4.57 Å². The predicted molar refractivity (Wildman–Crippen MR) is 123 cm³/mol. The maximum absolute atomic E-state index is 15.1. The molecule has 0 unspecified atom stereocenters. The first-order chi connectivity index (χ1) is 14.1. The van der Waals surface area contributed by atoms with Crippen LogP contribution in [-0.4, -0.2) is 24.8 Å². The second-order valence-electron chi connectivity index (χ2n) is 8.27. The lowest BCUT2D eigenvalue weighted by molar-refractivity contribution is 0.534. The van der Waals surface area contributed by atoms with Crippen molar-refractivity contribution >= 4 is 32.5 Å². The molecule has 0 radical (unpaired) electrons. The van der Waals surface area contributed by atoms with Crippen molar-refractivity contribution in [1.82, 2.24) is 9.29 Å². The summed E-state index contributed by atoms with van der Waals surface area (Å²) in [4.78, 5) is 0. The van der Waals surface area contributed by atoms with Crippen molar-refractivity contribution in [2.45, 2.75) is 45.9 Å². The number of nitrogens with one attached hydrogen (secondary N) is 1. The lowest BCUT2D eigenvalue weighted by Gasteiger charge is -2.11. The zero-order valence-corrected chi connectivity index (χ0v) is 19.3. The number of fused-ring (bicyclic) bond motifs is 1. The average Bonchev–Trinajstić information content (AvgIpc) is 2.97. The summed E-state index contributed by atoms with van der Waals surface area (Å²) in [5.74, 6) is 0.0589. The molecule has 0 aliphatic carbocycles. The van der Waals surface area contributed by atoms with Crippen molar-refractivity contribution in [3.8, 4) is 11.1 Å². The highest BCUT2D eigenvalue weighted by Crippen LogP contribution is 2.34. The Balaban J connectivity index is 2.03. The summed E-state index contributed by atoms with van der Waals surface area (Å²) in [6.07, 6.45) is 2.49. The van der Waals surface area contributed by atoms with Gasteiger partial charge in [0, 0.05) is 46.3 Å². The number of aromatic nitrogens is 1. The Morgan fingerprint density at radius 2 is 1.80 bits per heavy atom. The molecule has 4 nitrogen and oxygen atoms in total. The van der Waals surface area contributed by atoms with E-state index in [0.29, 0.717) is 28.5 Å². The molecule has 162 valence electrons. The lowest BCUT2D eigenvalue weighted by Crippen LogP contribution is -2.32. The smallest absolute Gasteiger partial charge is 0.213 e. The van der Waals surface area contributed by atoms with Crippen LogP contribution in [0.2, 0.25) is 5.02 Å². The largest absolute Gasteiger partial charge is 0.347 e. The van der Waals surface area contributed by atoms with E-state index in [-0.39, 0.29) is 12.4 Å². The standard InChI is InChI=1S/C23H28ClFN2O2S/c1-15(2)13-27-14-17(9-10-26-30(28,29)16(3)4)19-11-22(25)20(12-23(19)27)18-7-5-6-8-21(18)24/h5-8,11-12,14-16,26H,9-10,13H2,1-4H3. The predicted octanol–water partition coefficient (Wildman–Crippen LogP) is 5.63. The third-order valence-corrected chi connectivity index (χ3v) is 7.27. The first-order valence-electron chi connectivity index (χ1n) is 10.1. The van der Waals surface area contributed by atoms with Crippen LogP contribution >= 0.6 is 11.6 Å². The molecular weight excluding hydrogens is 423 g/mol. The van der Waals surface area contributed by atoms with Gasteiger partial charge in [-0.3, -0.25) is 0 Å². The summed E-state index contributed by atoms with van der Waals surface area (Å²) >= 11 is 6.31. The van der Waals surface area contributed by atoms with E-state index in [2.05, 4.69) is 23.1 Å². The number of nitrogens with zero attached hydrogens (tertiary/aromatic N) is 1. The van der Waals surface area contributed by atoms with Crippen molar-refractivity contribution in [3.63, 3.8) is 0 Å². The Labute approximate surface area is 183 Å². The van der Waals surface area contributed by atoms with Crippen LogP contribution in [-0.2, 0) is 23.0 Å². The average molecular weight is 451 g/mol. The fourth-order valence-electron chi connectivity index (χ4n) is 3.51. The SMILES string of the molecule is CC(C)Cn1cc(CCNS(=O)(=O)C(C)C)c2cc(F)c(-c3ccccc3Cl)cc21. The van der Waals surface area contributed by atoms with Gasteiger partial charge in [0.05, 0.1) is 5.25 Å². The Hall–Kier alpha value is -1.89. The molecule has 0 aliphatic heterocycles. The number of halogens is 2. The van der Waals surface area contributed by atoms with Crippen LogP contribution in [0.5, 0.6) is 0 Å². The molecule has 2 aromatic carbocycles. The van der Waals surface area contributed by atoms with Gasteiger partial charge in [0.25, 0.3) is 0 Å². The summed E-state index contributed by atoms with van der Waals surface area (Å²) in [5.41, 5.74) is 2.95. The molecule has 0 saturated carbocycles. The van der Waals surface area contributed by atoms with E-state index in [9.17, 15) is 8.42 Å². The van der Waals surface area contributed by atoms with E-state index in [4.69, 9.17) is 11.6 Å². The highest BCUT2D eigenvalue weighted by atomic mass is 35.5. The molecule has 0 amide bonds. The fourth-order valence-corrected chi connectivity index (χ4v) is 4.47. The van der Waals surface area contributed by atoms with Crippen molar-refractivity contribution in [3.05, 3.63) is 59.0 Å². The number of rotatable bonds is 8. The maximum Gasteiger partial charge on any atom is 0.213 e. The van der Waals surface area contributed by atoms with Crippen LogP contribution in [0.4, 0.5) is 4.39 Å². The number of sulfonamides is 1. The third-order valence-electron chi connectivity index (χ3n) is 5.10. The lowest BCUT2D eigenvalue weighted by atomic mass is 10.0. The van der Waals surface area contributed by atoms with Gasteiger partial charge in [0.2, 0.25) is 10.0 Å². The summed E-state index contributed by atoms with van der Waals surface area (Å²) in [5, 5.41) is 0.809. The molecule has 0 aliphatic rings. The highest BCUT2D eigenvalue weighted by molar-refractivity contribution is 7.90. The number of hydrogen-bond acceptors (Lipinski definition) is 2. The molecule has 0 bridgehead atoms. The Morgan fingerprint density at radius 1 is 1.10 bits per heavy atom. The van der Waals surface area contributed by atoms with Gasteiger partial charge in [0.15, 0.2) is 0 Å². The summed E-state index contributed by atoms with van der Waals surface area (Å²) in [6, 6.07) is 10.6. The van der Waals surface area contributed by atoms with Crippen LogP contribution < -0.4 is 4.72 Å². The van der Waals surface area contributed by atoms with Gasteiger partial charge in [0.1, 0.15) is 5.82 Å². The van der Waals surface area contributed by atoms with Crippen LogP contribution in [0.15, 0.2) is 42.6 Å². The van der Waals surface area contributed by atoms with Crippen molar-refractivity contribution in [1.29, 1.82) is 0 Å². The van der Waals surface area contributed by atoms with E-state index >= 15 is 4.39 Å². The minimum atomic E-state index is -3.34. The molecule has 1 heterocycles. The van der Waals surface area contributed by atoms with E-state index in [0.717, 1.165) is 23.0 Å². The quantitative estimate of drug-likeness (QED) is 0.483. The molecule has 7 heteroatoms. The molecule has 1 aromatic heterocycles. The van der Waals surface area contributed by atoms with E-state index < -0.39 is 15.3 Å². The second kappa shape index (κ2) is 9.08. The van der Waals surface area contributed by atoms with E-state index in [1.165, 1.54) is 6.07 Å². The van der Waals surface area contributed by atoms with Gasteiger partial charge in [-0.2, -0.15) is 0 Å². The molecule has 3 rings (SSSR count). The van der Waals surface area contributed by atoms with Gasteiger partial charge in [-0.1, -0.05) is 43.6 Å². The Morgan fingerprint density at radius 3 is 2.43 bits per heavy atom. The zero-order valence-electron chi connectivity index (χ0n) is 17.7. The zero-order chi connectivity index (χ0) is 22.1. The molecule has 0 spiro atoms. The molecule has 0 saturated heterocycles. The van der Waals surface area contributed by atoms with Gasteiger partial charge >= 0.3 is 0 Å².